The number of para-hydroxylation sites is 1. The molecule has 2 aromatic carbocycles. The number of allylic oxidation sites excluding steroid dienone is 4. The quantitative estimate of drug-likeness (QED) is 0.349. The summed E-state index contributed by atoms with van der Waals surface area (Å²) in [7, 11) is 0. The van der Waals surface area contributed by atoms with Crippen LogP contribution in [0.4, 0.5) is 5.82 Å². The topological polar surface area (TPSA) is 94.6 Å². The maximum atomic E-state index is 6.27. The highest BCUT2D eigenvalue weighted by atomic mass is 16.5. The number of anilines is 1. The van der Waals surface area contributed by atoms with Crippen LogP contribution in [-0.4, -0.2) is 25.0 Å². The lowest BCUT2D eigenvalue weighted by atomic mass is 10.0. The van der Waals surface area contributed by atoms with Crippen LogP contribution < -0.4 is 10.5 Å². The largest absolute Gasteiger partial charge is 0.457 e. The van der Waals surface area contributed by atoms with Gasteiger partial charge in [-0.1, -0.05) is 48.6 Å². The minimum absolute atomic E-state index is 0.420. The van der Waals surface area contributed by atoms with Gasteiger partial charge in [0, 0.05) is 23.5 Å². The Kier molecular flexibility index (Phi) is 4.92. The van der Waals surface area contributed by atoms with E-state index >= 15 is 0 Å². The van der Waals surface area contributed by atoms with Crippen LogP contribution in [0.25, 0.3) is 33.4 Å². The number of pyridine rings is 1. The van der Waals surface area contributed by atoms with Crippen molar-refractivity contribution in [2.75, 3.05) is 5.73 Å². The van der Waals surface area contributed by atoms with E-state index in [4.69, 9.17) is 15.5 Å². The Hall–Kier alpha value is -4.65. The second-order valence-electron chi connectivity index (χ2n) is 8.11. The number of hydrogen-bond acceptors (Lipinski definition) is 5. The molecule has 166 valence electrons. The SMILES string of the molecule is Nc1n[nH]c2c(-n3cc(C4=CCCC=C4)cn3)ncc(-c3ccc(Oc4ccccc4)cc3)c12. The van der Waals surface area contributed by atoms with Gasteiger partial charge in [0.15, 0.2) is 11.6 Å². The highest BCUT2D eigenvalue weighted by molar-refractivity contribution is 6.03. The summed E-state index contributed by atoms with van der Waals surface area (Å²) in [5, 5.41) is 12.7. The van der Waals surface area contributed by atoms with Crippen molar-refractivity contribution in [1.29, 1.82) is 0 Å². The van der Waals surface area contributed by atoms with Crippen molar-refractivity contribution in [3.63, 3.8) is 0 Å². The number of H-pyrrole nitrogens is 1. The van der Waals surface area contributed by atoms with Gasteiger partial charge in [-0.25, -0.2) is 9.67 Å². The first kappa shape index (κ1) is 20.0. The molecule has 5 aromatic rings. The number of benzene rings is 2. The molecule has 0 saturated heterocycles. The van der Waals surface area contributed by atoms with Crippen molar-refractivity contribution in [2.45, 2.75) is 12.8 Å². The molecule has 3 aromatic heterocycles. The molecule has 7 heteroatoms. The molecule has 0 amide bonds. The first-order chi connectivity index (χ1) is 16.8. The summed E-state index contributed by atoms with van der Waals surface area (Å²) in [6.45, 7) is 0. The lowest BCUT2D eigenvalue weighted by molar-refractivity contribution is 0.483. The Morgan fingerprint density at radius 3 is 2.53 bits per heavy atom. The van der Waals surface area contributed by atoms with Crippen molar-refractivity contribution in [1.82, 2.24) is 25.0 Å². The smallest absolute Gasteiger partial charge is 0.179 e. The average Bonchev–Trinajstić information content (AvgIpc) is 3.53. The normalized spacial score (nSPS) is 13.2. The molecule has 3 heterocycles. The van der Waals surface area contributed by atoms with Crippen LogP contribution in [0.1, 0.15) is 18.4 Å². The zero-order chi connectivity index (χ0) is 22.9. The predicted octanol–water partition coefficient (Wildman–Crippen LogP) is 5.92. The van der Waals surface area contributed by atoms with Crippen molar-refractivity contribution in [3.8, 4) is 28.4 Å². The number of ether oxygens (including phenoxy) is 1. The second-order valence-corrected chi connectivity index (χ2v) is 8.11. The second kappa shape index (κ2) is 8.37. The fourth-order valence-electron chi connectivity index (χ4n) is 4.18. The molecule has 6 rings (SSSR count). The minimum Gasteiger partial charge on any atom is -0.457 e. The Bertz CT molecular complexity index is 1530. The van der Waals surface area contributed by atoms with Crippen LogP contribution in [0.2, 0.25) is 0 Å². The average molecular weight is 447 g/mol. The maximum Gasteiger partial charge on any atom is 0.179 e. The molecular weight excluding hydrogens is 424 g/mol. The van der Waals surface area contributed by atoms with E-state index in [0.717, 1.165) is 51.9 Å². The van der Waals surface area contributed by atoms with E-state index in [9.17, 15) is 0 Å². The number of aromatic amines is 1. The van der Waals surface area contributed by atoms with E-state index < -0.39 is 0 Å². The van der Waals surface area contributed by atoms with E-state index in [1.54, 1.807) is 4.68 Å². The van der Waals surface area contributed by atoms with Gasteiger partial charge in [-0.15, -0.1) is 0 Å². The van der Waals surface area contributed by atoms with Crippen LogP contribution in [0, 0.1) is 0 Å². The molecule has 0 spiro atoms. The third kappa shape index (κ3) is 3.63. The molecule has 34 heavy (non-hydrogen) atoms. The van der Waals surface area contributed by atoms with Gasteiger partial charge in [0.1, 0.15) is 17.0 Å². The lowest BCUT2D eigenvalue weighted by Crippen LogP contribution is -2.00. The number of nitrogen functional groups attached to an aromatic ring is 1. The van der Waals surface area contributed by atoms with E-state index in [0.29, 0.717) is 11.6 Å². The Morgan fingerprint density at radius 1 is 0.912 bits per heavy atom. The van der Waals surface area contributed by atoms with Crippen LogP contribution in [0.5, 0.6) is 11.5 Å². The van der Waals surface area contributed by atoms with Crippen LogP contribution in [-0.2, 0) is 0 Å². The summed E-state index contributed by atoms with van der Waals surface area (Å²) < 4.78 is 7.68. The zero-order valence-corrected chi connectivity index (χ0v) is 18.3. The van der Waals surface area contributed by atoms with Crippen molar-refractivity contribution >= 4 is 22.3 Å². The summed E-state index contributed by atoms with van der Waals surface area (Å²) >= 11 is 0. The highest BCUT2D eigenvalue weighted by Gasteiger charge is 2.17. The minimum atomic E-state index is 0.420. The standard InChI is InChI=1S/C27H22N6O/c28-26-24-23(19-11-13-22(14-12-19)34-21-9-5-2-6-10-21)16-29-27(25(24)31-32-26)33-17-20(15-30-33)18-7-3-1-4-8-18/h2-3,5-17H,1,4H2,(H3,28,31,32). The highest BCUT2D eigenvalue weighted by Crippen LogP contribution is 2.35. The monoisotopic (exact) mass is 446 g/mol. The third-order valence-corrected chi connectivity index (χ3v) is 5.88. The Balaban J connectivity index is 1.35. The molecule has 1 aliphatic carbocycles. The van der Waals surface area contributed by atoms with Gasteiger partial charge in [-0.05, 0) is 48.2 Å². The number of nitrogens with zero attached hydrogens (tertiary/aromatic N) is 4. The molecule has 0 radical (unpaired) electrons. The lowest BCUT2D eigenvalue weighted by Gasteiger charge is -2.09. The van der Waals surface area contributed by atoms with E-state index in [1.165, 1.54) is 5.57 Å². The molecule has 3 N–H and O–H groups in total. The molecule has 0 saturated carbocycles. The van der Waals surface area contributed by atoms with Gasteiger partial charge in [-0.2, -0.15) is 10.2 Å². The summed E-state index contributed by atoms with van der Waals surface area (Å²) in [6, 6.07) is 17.6. The molecular formula is C27H22N6O. The molecule has 0 bridgehead atoms. The molecule has 0 unspecified atom stereocenters. The van der Waals surface area contributed by atoms with Crippen molar-refractivity contribution < 1.29 is 4.74 Å². The van der Waals surface area contributed by atoms with E-state index in [2.05, 4.69) is 33.5 Å². The summed E-state index contributed by atoms with van der Waals surface area (Å²) in [5.74, 6) is 2.62. The zero-order valence-electron chi connectivity index (χ0n) is 18.3. The summed E-state index contributed by atoms with van der Waals surface area (Å²) in [5.41, 5.74) is 11.1. The number of hydrogen-bond donors (Lipinski definition) is 2. The van der Waals surface area contributed by atoms with Gasteiger partial charge < -0.3 is 10.5 Å². The fraction of sp³-hybridized carbons (Fsp3) is 0.0741. The predicted molar refractivity (Wildman–Crippen MR) is 134 cm³/mol. The Morgan fingerprint density at radius 2 is 1.74 bits per heavy atom. The number of aromatic nitrogens is 5. The fourth-order valence-corrected chi connectivity index (χ4v) is 4.18. The molecule has 0 aliphatic heterocycles. The first-order valence-corrected chi connectivity index (χ1v) is 11.1. The van der Waals surface area contributed by atoms with Gasteiger partial charge in [0.25, 0.3) is 0 Å². The molecule has 0 atom stereocenters. The van der Waals surface area contributed by atoms with Crippen molar-refractivity contribution in [2.24, 2.45) is 0 Å². The molecule has 0 fully saturated rings. The number of nitrogens with one attached hydrogen (secondary N) is 1. The van der Waals surface area contributed by atoms with Crippen LogP contribution in [0.15, 0.2) is 91.4 Å². The molecule has 7 nitrogen and oxygen atoms in total. The van der Waals surface area contributed by atoms with E-state index in [-0.39, 0.29) is 0 Å². The molecule has 1 aliphatic rings. The van der Waals surface area contributed by atoms with E-state index in [1.807, 2.05) is 73.2 Å². The number of rotatable bonds is 5. The van der Waals surface area contributed by atoms with Gasteiger partial charge in [0.2, 0.25) is 0 Å². The Labute approximate surface area is 196 Å². The number of fused-ring (bicyclic) bond motifs is 1. The van der Waals surface area contributed by atoms with Gasteiger partial charge in [0.05, 0.1) is 11.6 Å². The first-order valence-electron chi connectivity index (χ1n) is 11.1. The summed E-state index contributed by atoms with van der Waals surface area (Å²) in [4.78, 5) is 4.72. The van der Waals surface area contributed by atoms with Crippen molar-refractivity contribution in [3.05, 3.63) is 97.0 Å². The maximum absolute atomic E-state index is 6.27. The van der Waals surface area contributed by atoms with Gasteiger partial charge >= 0.3 is 0 Å². The van der Waals surface area contributed by atoms with Gasteiger partial charge in [-0.3, -0.25) is 5.10 Å². The van der Waals surface area contributed by atoms with Crippen LogP contribution in [0.3, 0.4) is 0 Å². The third-order valence-electron chi connectivity index (χ3n) is 5.88. The number of nitrogens with two attached hydrogens (primary N) is 1. The summed E-state index contributed by atoms with van der Waals surface area (Å²) in [6.07, 6.45) is 14.3. The van der Waals surface area contributed by atoms with Crippen LogP contribution >= 0.6 is 0 Å².